The van der Waals surface area contributed by atoms with Gasteiger partial charge in [-0.3, -0.25) is 4.79 Å². The van der Waals surface area contributed by atoms with E-state index in [2.05, 4.69) is 0 Å². The van der Waals surface area contributed by atoms with Crippen LogP contribution >= 0.6 is 0 Å². The zero-order valence-corrected chi connectivity index (χ0v) is 12.0. The lowest BCUT2D eigenvalue weighted by atomic mass is 10.2. The number of carbonyl (C=O) groups excluding carboxylic acids is 1. The van der Waals surface area contributed by atoms with Crippen LogP contribution in [0.1, 0.15) is 12.5 Å². The quantitative estimate of drug-likeness (QED) is 0.631. The Morgan fingerprint density at radius 3 is 2.35 bits per heavy atom. The Bertz CT molecular complexity index is 343. The lowest BCUT2D eigenvalue weighted by Gasteiger charge is -2.33. The van der Waals surface area contributed by atoms with Crippen LogP contribution in [0.5, 0.6) is 0 Å². The molecule has 0 spiro atoms. The van der Waals surface area contributed by atoms with Gasteiger partial charge >= 0.3 is 0 Å². The van der Waals surface area contributed by atoms with Crippen LogP contribution in [0.2, 0.25) is 0 Å². The van der Waals surface area contributed by atoms with E-state index in [4.69, 9.17) is 5.11 Å². The van der Waals surface area contributed by atoms with E-state index in [1.165, 1.54) is 5.56 Å². The van der Waals surface area contributed by atoms with Gasteiger partial charge in [0.15, 0.2) is 5.78 Å². The number of ketones is 1. The van der Waals surface area contributed by atoms with Gasteiger partial charge in [-0.25, -0.2) is 0 Å². The van der Waals surface area contributed by atoms with E-state index in [-0.39, 0.29) is 29.4 Å². The average Bonchev–Trinajstić information content (AvgIpc) is 2.17. The molecule has 4 heteroatoms. The van der Waals surface area contributed by atoms with Crippen molar-refractivity contribution in [3.05, 3.63) is 35.9 Å². The second-order valence-corrected chi connectivity index (χ2v) is 4.57. The molecule has 1 unspecified atom stereocenters. The molecule has 1 rings (SSSR count). The number of aliphatic hydroxyl groups is 1. The molecule has 0 aromatic heterocycles. The topological polar surface area (TPSA) is 37.3 Å². The Morgan fingerprint density at radius 2 is 1.88 bits per heavy atom. The Hall–Kier alpha value is -0.710. The van der Waals surface area contributed by atoms with Crippen LogP contribution in [-0.2, 0) is 11.3 Å². The third kappa shape index (κ3) is 5.96. The fraction of sp³-hybridized carbons (Fsp3) is 0.462. The summed E-state index contributed by atoms with van der Waals surface area (Å²) >= 11 is 0. The van der Waals surface area contributed by atoms with Gasteiger partial charge in [-0.1, -0.05) is 30.3 Å². The summed E-state index contributed by atoms with van der Waals surface area (Å²) in [5, 5.41) is 9.07. The number of Topliss-reactive ketones (excluding diaryl/α,β-unsaturated/α-hetero) is 1. The number of nitrogens with zero attached hydrogens (tertiary/aromatic N) is 1. The number of hydrogen-bond donors (Lipinski definition) is 1. The standard InChI is InChI=1S/C13H20NO2.BrH/c1-12(16)10-14(2,8-9-15)11-13-6-4-3-5-7-13;/h3-7,15H,8-11H2,1-2H3;1H/q+1;/p-1. The number of rotatable bonds is 6. The van der Waals surface area contributed by atoms with E-state index in [1.807, 2.05) is 37.4 Å². The van der Waals surface area contributed by atoms with E-state index >= 15 is 0 Å². The molecule has 1 aromatic carbocycles. The molecule has 17 heavy (non-hydrogen) atoms. The molecule has 1 aromatic rings. The number of quaternary nitrogens is 1. The van der Waals surface area contributed by atoms with Crippen LogP contribution in [0.15, 0.2) is 30.3 Å². The van der Waals surface area contributed by atoms with Crippen LogP contribution in [0.4, 0.5) is 0 Å². The van der Waals surface area contributed by atoms with Crippen molar-refractivity contribution >= 4 is 5.78 Å². The highest BCUT2D eigenvalue weighted by Crippen LogP contribution is 2.11. The maximum absolute atomic E-state index is 11.2. The molecule has 0 saturated carbocycles. The van der Waals surface area contributed by atoms with Crippen LogP contribution in [0.3, 0.4) is 0 Å². The molecule has 0 heterocycles. The Labute approximate surface area is 113 Å². The first kappa shape index (κ1) is 16.3. The summed E-state index contributed by atoms with van der Waals surface area (Å²) in [6, 6.07) is 10.1. The summed E-state index contributed by atoms with van der Waals surface area (Å²) in [6.07, 6.45) is 0. The van der Waals surface area contributed by atoms with Crippen LogP contribution < -0.4 is 17.0 Å². The summed E-state index contributed by atoms with van der Waals surface area (Å²) in [5.41, 5.74) is 1.19. The van der Waals surface area contributed by atoms with Crippen molar-refractivity contribution in [1.82, 2.24) is 0 Å². The number of carbonyl (C=O) groups is 1. The molecule has 0 aliphatic heterocycles. The Morgan fingerprint density at radius 1 is 1.29 bits per heavy atom. The summed E-state index contributed by atoms with van der Waals surface area (Å²) in [4.78, 5) is 11.2. The van der Waals surface area contributed by atoms with Crippen molar-refractivity contribution in [1.29, 1.82) is 0 Å². The smallest absolute Gasteiger partial charge is 0.183 e. The molecule has 0 aliphatic carbocycles. The van der Waals surface area contributed by atoms with E-state index in [0.717, 1.165) is 6.54 Å². The second-order valence-electron chi connectivity index (χ2n) is 4.57. The highest BCUT2D eigenvalue weighted by Gasteiger charge is 2.23. The summed E-state index contributed by atoms with van der Waals surface area (Å²) in [6.45, 7) is 3.56. The van der Waals surface area contributed by atoms with Gasteiger partial charge in [0.1, 0.15) is 19.6 Å². The van der Waals surface area contributed by atoms with E-state index in [0.29, 0.717) is 17.6 Å². The Kier molecular flexibility index (Phi) is 7.27. The number of benzene rings is 1. The molecular formula is C13H20BrNO2. The Balaban J connectivity index is 0.00000256. The largest absolute Gasteiger partial charge is 1.00 e. The van der Waals surface area contributed by atoms with Crippen molar-refractivity contribution in [3.63, 3.8) is 0 Å². The third-order valence-electron chi connectivity index (χ3n) is 2.65. The van der Waals surface area contributed by atoms with Crippen molar-refractivity contribution in [2.75, 3.05) is 26.7 Å². The maximum atomic E-state index is 11.2. The molecule has 0 amide bonds. The predicted octanol–water partition coefficient (Wildman–Crippen LogP) is -1.78. The number of halogens is 1. The van der Waals surface area contributed by atoms with Crippen molar-refractivity contribution < 1.29 is 31.4 Å². The van der Waals surface area contributed by atoms with Crippen molar-refractivity contribution in [3.8, 4) is 0 Å². The van der Waals surface area contributed by atoms with Gasteiger partial charge in [-0.15, -0.1) is 0 Å². The van der Waals surface area contributed by atoms with Gasteiger partial charge in [0.2, 0.25) is 0 Å². The second kappa shape index (κ2) is 7.58. The summed E-state index contributed by atoms with van der Waals surface area (Å²) in [7, 11) is 2.00. The first-order valence-corrected chi connectivity index (χ1v) is 5.53. The molecule has 0 fully saturated rings. The number of likely N-dealkylation sites (N-methyl/N-ethyl adjacent to an activating group) is 1. The molecule has 0 saturated heterocycles. The summed E-state index contributed by atoms with van der Waals surface area (Å²) in [5.74, 6) is 0.159. The van der Waals surface area contributed by atoms with Crippen molar-refractivity contribution in [2.24, 2.45) is 0 Å². The maximum Gasteiger partial charge on any atom is 0.183 e. The van der Waals surface area contributed by atoms with Crippen LogP contribution in [0, 0.1) is 0 Å². The molecule has 1 N–H and O–H groups in total. The van der Waals surface area contributed by atoms with E-state index < -0.39 is 0 Å². The van der Waals surface area contributed by atoms with Gasteiger partial charge in [0.05, 0.1) is 13.7 Å². The van der Waals surface area contributed by atoms with Crippen molar-refractivity contribution in [2.45, 2.75) is 13.5 Å². The van der Waals surface area contributed by atoms with E-state index in [9.17, 15) is 4.79 Å². The fourth-order valence-corrected chi connectivity index (χ4v) is 2.02. The first-order valence-electron chi connectivity index (χ1n) is 5.53. The minimum Gasteiger partial charge on any atom is -1.00 e. The highest BCUT2D eigenvalue weighted by molar-refractivity contribution is 5.76. The minimum atomic E-state index is 0. The van der Waals surface area contributed by atoms with Crippen LogP contribution in [0.25, 0.3) is 0 Å². The van der Waals surface area contributed by atoms with Gasteiger partial charge in [-0.05, 0) is 0 Å². The molecule has 0 bridgehead atoms. The van der Waals surface area contributed by atoms with E-state index in [1.54, 1.807) is 6.92 Å². The first-order chi connectivity index (χ1) is 7.56. The highest BCUT2D eigenvalue weighted by atomic mass is 79.9. The third-order valence-corrected chi connectivity index (χ3v) is 2.65. The predicted molar refractivity (Wildman–Crippen MR) is 63.8 cm³/mol. The summed E-state index contributed by atoms with van der Waals surface area (Å²) < 4.78 is 0.565. The zero-order valence-electron chi connectivity index (χ0n) is 10.4. The normalized spacial score (nSPS) is 13.6. The number of aliphatic hydroxyl groups excluding tert-OH is 1. The molecular weight excluding hydrogens is 282 g/mol. The lowest BCUT2D eigenvalue weighted by molar-refractivity contribution is -0.915. The van der Waals surface area contributed by atoms with Gasteiger partial charge < -0.3 is 26.6 Å². The molecule has 96 valence electrons. The lowest BCUT2D eigenvalue weighted by Crippen LogP contribution is -3.00. The van der Waals surface area contributed by atoms with Gasteiger partial charge in [0, 0.05) is 12.5 Å². The fourth-order valence-electron chi connectivity index (χ4n) is 2.02. The van der Waals surface area contributed by atoms with Gasteiger partial charge in [0.25, 0.3) is 0 Å². The van der Waals surface area contributed by atoms with Crippen LogP contribution in [-0.4, -0.2) is 42.1 Å². The number of hydrogen-bond acceptors (Lipinski definition) is 2. The molecule has 0 radical (unpaired) electrons. The minimum absolute atomic E-state index is 0. The van der Waals surface area contributed by atoms with Gasteiger partial charge in [-0.2, -0.15) is 0 Å². The molecule has 3 nitrogen and oxygen atoms in total. The monoisotopic (exact) mass is 301 g/mol. The molecule has 1 atom stereocenters. The zero-order chi connectivity index (χ0) is 12.0. The SMILES string of the molecule is CC(=O)C[N+](C)(CCO)Cc1ccccc1.[Br-]. The average molecular weight is 302 g/mol. The molecule has 0 aliphatic rings.